The average Bonchev–Trinajstić information content (AvgIpc) is 2.30. The smallest absolute Gasteiger partial charge is 0.312 e. The van der Waals surface area contributed by atoms with Crippen LogP contribution in [0.1, 0.15) is 12.5 Å². The lowest BCUT2D eigenvalue weighted by atomic mass is 9.91. The summed E-state index contributed by atoms with van der Waals surface area (Å²) in [7, 11) is 0. The molecular weight excluding hydrogens is 272 g/mol. The zero-order chi connectivity index (χ0) is 11.2. The molecule has 0 aliphatic carbocycles. The number of hydrogen-bond donors (Lipinski definition) is 0. The molecule has 3 aliphatic rings. The molecule has 0 amide bonds. The quantitative estimate of drug-likeness (QED) is 0.794. The van der Waals surface area contributed by atoms with Crippen LogP contribution in [-0.4, -0.2) is 19.8 Å². The van der Waals surface area contributed by atoms with Gasteiger partial charge in [0.05, 0.1) is 19.8 Å². The Morgan fingerprint density at radius 2 is 1.75 bits per heavy atom. The van der Waals surface area contributed by atoms with Crippen LogP contribution in [0.15, 0.2) is 28.7 Å². The molecule has 0 atom stereocenters. The first kappa shape index (κ1) is 10.7. The van der Waals surface area contributed by atoms with Gasteiger partial charge in [-0.15, -0.1) is 0 Å². The molecule has 0 spiro atoms. The molecule has 0 aromatic heterocycles. The minimum absolute atomic E-state index is 0.00770. The number of benzene rings is 1. The topological polar surface area (TPSA) is 27.7 Å². The van der Waals surface area contributed by atoms with Gasteiger partial charge in [-0.1, -0.05) is 35.0 Å². The highest BCUT2D eigenvalue weighted by Crippen LogP contribution is 2.44. The van der Waals surface area contributed by atoms with Crippen LogP contribution in [-0.2, 0) is 20.2 Å². The number of rotatable bonds is 1. The summed E-state index contributed by atoms with van der Waals surface area (Å²) >= 11 is 3.44. The van der Waals surface area contributed by atoms with Crippen LogP contribution >= 0.6 is 15.9 Å². The van der Waals surface area contributed by atoms with Gasteiger partial charge in [0.25, 0.3) is 0 Å². The van der Waals surface area contributed by atoms with E-state index in [0.717, 1.165) is 10.0 Å². The second-order valence-corrected chi connectivity index (χ2v) is 5.66. The molecule has 0 unspecified atom stereocenters. The van der Waals surface area contributed by atoms with Crippen molar-refractivity contribution in [1.29, 1.82) is 0 Å². The van der Waals surface area contributed by atoms with Crippen molar-refractivity contribution in [1.82, 2.24) is 0 Å². The second kappa shape index (κ2) is 3.53. The maximum Gasteiger partial charge on any atom is 0.312 e. The van der Waals surface area contributed by atoms with Crippen molar-refractivity contribution in [3.05, 3.63) is 34.3 Å². The number of fused-ring (bicyclic) bond motifs is 3. The van der Waals surface area contributed by atoms with Crippen LogP contribution in [0.2, 0.25) is 0 Å². The van der Waals surface area contributed by atoms with E-state index in [-0.39, 0.29) is 5.41 Å². The van der Waals surface area contributed by atoms with Gasteiger partial charge in [0.1, 0.15) is 0 Å². The number of halogens is 1. The van der Waals surface area contributed by atoms with E-state index in [9.17, 15) is 0 Å². The van der Waals surface area contributed by atoms with Crippen LogP contribution in [0.3, 0.4) is 0 Å². The average molecular weight is 285 g/mol. The summed E-state index contributed by atoms with van der Waals surface area (Å²) in [6.45, 7) is 4.15. The molecule has 2 bridgehead atoms. The van der Waals surface area contributed by atoms with E-state index in [0.29, 0.717) is 19.8 Å². The fourth-order valence-corrected chi connectivity index (χ4v) is 2.39. The molecule has 1 aromatic carbocycles. The number of ether oxygens (including phenoxy) is 3. The summed E-state index contributed by atoms with van der Waals surface area (Å²) < 4.78 is 18.2. The van der Waals surface area contributed by atoms with Gasteiger partial charge in [-0.25, -0.2) is 0 Å². The van der Waals surface area contributed by atoms with Gasteiger partial charge in [-0.3, -0.25) is 0 Å². The highest BCUT2D eigenvalue weighted by atomic mass is 79.9. The predicted octanol–water partition coefficient (Wildman–Crippen LogP) is 2.64. The van der Waals surface area contributed by atoms with E-state index in [2.05, 4.69) is 22.9 Å². The monoisotopic (exact) mass is 284 g/mol. The van der Waals surface area contributed by atoms with Crippen LogP contribution in [0.5, 0.6) is 0 Å². The van der Waals surface area contributed by atoms with Crippen molar-refractivity contribution >= 4 is 15.9 Å². The number of hydrogen-bond acceptors (Lipinski definition) is 3. The van der Waals surface area contributed by atoms with E-state index in [1.807, 2.05) is 24.3 Å². The summed E-state index contributed by atoms with van der Waals surface area (Å²) in [4.78, 5) is 0. The molecule has 0 saturated carbocycles. The predicted molar refractivity (Wildman–Crippen MR) is 61.8 cm³/mol. The third-order valence-electron chi connectivity index (χ3n) is 3.01. The van der Waals surface area contributed by atoms with E-state index < -0.39 is 5.97 Å². The largest absolute Gasteiger partial charge is 0.323 e. The van der Waals surface area contributed by atoms with Gasteiger partial charge in [-0.2, -0.15) is 0 Å². The summed E-state index contributed by atoms with van der Waals surface area (Å²) in [5, 5.41) is 0. The molecule has 3 heterocycles. The summed E-state index contributed by atoms with van der Waals surface area (Å²) in [6, 6.07) is 7.84. The normalized spacial score (nSPS) is 37.6. The van der Waals surface area contributed by atoms with Crippen LogP contribution < -0.4 is 0 Å². The Hall–Kier alpha value is -0.420. The zero-order valence-electron chi connectivity index (χ0n) is 9.03. The summed E-state index contributed by atoms with van der Waals surface area (Å²) in [5.74, 6) is -0.985. The SMILES string of the molecule is CC12COC(c3cccc(Br)c3)(OC1)OC2. The van der Waals surface area contributed by atoms with E-state index in [1.54, 1.807) is 0 Å². The Labute approximate surface area is 103 Å². The second-order valence-electron chi connectivity index (χ2n) is 4.74. The first-order chi connectivity index (χ1) is 7.62. The lowest BCUT2D eigenvalue weighted by Crippen LogP contribution is -2.57. The van der Waals surface area contributed by atoms with E-state index >= 15 is 0 Å². The third-order valence-corrected chi connectivity index (χ3v) is 3.50. The van der Waals surface area contributed by atoms with Crippen LogP contribution in [0, 0.1) is 5.41 Å². The Morgan fingerprint density at radius 3 is 2.31 bits per heavy atom. The first-order valence-electron chi connectivity index (χ1n) is 5.30. The first-order valence-corrected chi connectivity index (χ1v) is 6.09. The lowest BCUT2D eigenvalue weighted by molar-refractivity contribution is -0.477. The molecule has 4 rings (SSSR count). The minimum Gasteiger partial charge on any atom is -0.323 e. The van der Waals surface area contributed by atoms with E-state index in [1.165, 1.54) is 0 Å². The molecule has 3 nitrogen and oxygen atoms in total. The highest BCUT2D eigenvalue weighted by molar-refractivity contribution is 9.10. The van der Waals surface area contributed by atoms with E-state index in [4.69, 9.17) is 14.2 Å². The maximum absolute atomic E-state index is 5.74. The standard InChI is InChI=1S/C12H13BrO3/c1-11-6-14-12(15-7-11,16-8-11)9-3-2-4-10(13)5-9/h2-5H,6-8H2,1H3. The van der Waals surface area contributed by atoms with Crippen LogP contribution in [0.4, 0.5) is 0 Å². The van der Waals surface area contributed by atoms with Gasteiger partial charge >= 0.3 is 5.97 Å². The molecule has 3 aliphatic heterocycles. The van der Waals surface area contributed by atoms with Crippen molar-refractivity contribution in [3.63, 3.8) is 0 Å². The Balaban J connectivity index is 1.95. The molecule has 3 fully saturated rings. The van der Waals surface area contributed by atoms with Gasteiger partial charge in [-0.05, 0) is 12.1 Å². The third kappa shape index (κ3) is 1.61. The fourth-order valence-electron chi connectivity index (χ4n) is 1.99. The molecule has 3 saturated heterocycles. The molecule has 16 heavy (non-hydrogen) atoms. The molecule has 0 N–H and O–H groups in total. The lowest BCUT2D eigenvalue weighted by Gasteiger charge is -2.50. The Kier molecular flexibility index (Phi) is 2.37. The fraction of sp³-hybridized carbons (Fsp3) is 0.500. The van der Waals surface area contributed by atoms with Gasteiger partial charge < -0.3 is 14.2 Å². The summed E-state index contributed by atoms with van der Waals surface area (Å²) in [5.41, 5.74) is 0.914. The molecule has 0 radical (unpaired) electrons. The highest BCUT2D eigenvalue weighted by Gasteiger charge is 2.51. The molecule has 4 heteroatoms. The van der Waals surface area contributed by atoms with Crippen molar-refractivity contribution in [2.75, 3.05) is 19.8 Å². The van der Waals surface area contributed by atoms with Crippen molar-refractivity contribution in [2.45, 2.75) is 12.9 Å². The van der Waals surface area contributed by atoms with Crippen LogP contribution in [0.25, 0.3) is 0 Å². The van der Waals surface area contributed by atoms with Crippen molar-refractivity contribution in [2.24, 2.45) is 5.41 Å². The minimum atomic E-state index is -0.985. The summed E-state index contributed by atoms with van der Waals surface area (Å²) in [6.07, 6.45) is 0. The van der Waals surface area contributed by atoms with Gasteiger partial charge in [0, 0.05) is 15.5 Å². The van der Waals surface area contributed by atoms with Crippen molar-refractivity contribution < 1.29 is 14.2 Å². The molecular formula is C12H13BrO3. The molecule has 1 aromatic rings. The Bertz CT molecular complexity index is 394. The van der Waals surface area contributed by atoms with Crippen molar-refractivity contribution in [3.8, 4) is 0 Å². The zero-order valence-corrected chi connectivity index (χ0v) is 10.6. The Morgan fingerprint density at radius 1 is 1.12 bits per heavy atom. The van der Waals surface area contributed by atoms with Gasteiger partial charge in [0.15, 0.2) is 0 Å². The van der Waals surface area contributed by atoms with Gasteiger partial charge in [0.2, 0.25) is 0 Å². The maximum atomic E-state index is 5.74. The molecule has 86 valence electrons.